The van der Waals surface area contributed by atoms with Crippen molar-refractivity contribution in [3.63, 3.8) is 0 Å². The maximum absolute atomic E-state index is 12.0. The van der Waals surface area contributed by atoms with Gasteiger partial charge < -0.3 is 9.64 Å². The van der Waals surface area contributed by atoms with Crippen LogP contribution in [0.5, 0.6) is 0 Å². The average molecular weight is 254 g/mol. The smallest absolute Gasteiger partial charge is 0.325 e. The third-order valence-electron chi connectivity index (χ3n) is 4.40. The predicted molar refractivity (Wildman–Crippen MR) is 71.5 cm³/mol. The Balaban J connectivity index is 1.85. The highest BCUT2D eigenvalue weighted by Gasteiger charge is 2.39. The van der Waals surface area contributed by atoms with Crippen LogP contribution in [0.25, 0.3) is 0 Å². The van der Waals surface area contributed by atoms with Gasteiger partial charge in [-0.05, 0) is 46.1 Å². The summed E-state index contributed by atoms with van der Waals surface area (Å²) in [5, 5.41) is 3.45. The fourth-order valence-electron chi connectivity index (χ4n) is 2.55. The van der Waals surface area contributed by atoms with Crippen LogP contribution in [0.1, 0.15) is 45.4 Å². The SMILES string of the molecule is COC(=O)C(C)(CCN(C)C1CCC1)NC1CC1. The number of carbonyl (C=O) groups is 1. The molecule has 1 N–H and O–H groups in total. The van der Waals surface area contributed by atoms with Crippen molar-refractivity contribution in [1.82, 2.24) is 10.2 Å². The lowest BCUT2D eigenvalue weighted by Crippen LogP contribution is -2.53. The van der Waals surface area contributed by atoms with Crippen molar-refractivity contribution in [2.75, 3.05) is 20.7 Å². The van der Waals surface area contributed by atoms with E-state index in [4.69, 9.17) is 4.74 Å². The molecule has 2 aliphatic carbocycles. The Bertz CT molecular complexity index is 300. The van der Waals surface area contributed by atoms with E-state index in [1.54, 1.807) is 0 Å². The van der Waals surface area contributed by atoms with Gasteiger partial charge in [0, 0.05) is 18.6 Å². The zero-order valence-corrected chi connectivity index (χ0v) is 11.9. The molecule has 0 aromatic carbocycles. The fraction of sp³-hybridized carbons (Fsp3) is 0.929. The minimum atomic E-state index is -0.520. The molecule has 104 valence electrons. The van der Waals surface area contributed by atoms with Gasteiger partial charge >= 0.3 is 5.97 Å². The van der Waals surface area contributed by atoms with E-state index < -0.39 is 5.54 Å². The Morgan fingerprint density at radius 3 is 2.50 bits per heavy atom. The van der Waals surface area contributed by atoms with Gasteiger partial charge in [-0.1, -0.05) is 6.42 Å². The monoisotopic (exact) mass is 254 g/mol. The number of hydrogen-bond acceptors (Lipinski definition) is 4. The second-order valence-electron chi connectivity index (χ2n) is 6.06. The van der Waals surface area contributed by atoms with E-state index in [1.165, 1.54) is 39.2 Å². The lowest BCUT2D eigenvalue weighted by molar-refractivity contribution is -0.148. The first-order valence-electron chi connectivity index (χ1n) is 7.11. The van der Waals surface area contributed by atoms with Gasteiger partial charge in [-0.3, -0.25) is 10.1 Å². The third kappa shape index (κ3) is 3.23. The van der Waals surface area contributed by atoms with Crippen LogP contribution in [0.15, 0.2) is 0 Å². The van der Waals surface area contributed by atoms with E-state index in [0.717, 1.165) is 19.0 Å². The molecule has 4 nitrogen and oxygen atoms in total. The standard InChI is InChI=1S/C14H26N2O2/c1-14(13(17)18-3,15-11-7-8-11)9-10-16(2)12-5-4-6-12/h11-12,15H,4-10H2,1-3H3. The molecule has 0 aromatic rings. The molecule has 0 amide bonds. The first kappa shape index (κ1) is 13.8. The molecule has 1 unspecified atom stereocenters. The van der Waals surface area contributed by atoms with Crippen molar-refractivity contribution in [2.45, 2.75) is 63.1 Å². The molecule has 0 spiro atoms. The van der Waals surface area contributed by atoms with E-state index in [2.05, 4.69) is 17.3 Å². The van der Waals surface area contributed by atoms with Crippen LogP contribution >= 0.6 is 0 Å². The van der Waals surface area contributed by atoms with Gasteiger partial charge in [0.25, 0.3) is 0 Å². The average Bonchev–Trinajstić information content (AvgIpc) is 3.06. The first-order valence-corrected chi connectivity index (χ1v) is 7.11. The second-order valence-corrected chi connectivity index (χ2v) is 6.06. The predicted octanol–water partition coefficient (Wildman–Crippen LogP) is 1.54. The van der Waals surface area contributed by atoms with Crippen LogP contribution in [0, 0.1) is 0 Å². The van der Waals surface area contributed by atoms with E-state index in [0.29, 0.717) is 6.04 Å². The summed E-state index contributed by atoms with van der Waals surface area (Å²) >= 11 is 0. The topological polar surface area (TPSA) is 41.6 Å². The fourth-order valence-corrected chi connectivity index (χ4v) is 2.55. The molecular formula is C14H26N2O2. The van der Waals surface area contributed by atoms with Gasteiger partial charge in [0.1, 0.15) is 5.54 Å². The minimum Gasteiger partial charge on any atom is -0.468 e. The van der Waals surface area contributed by atoms with E-state index >= 15 is 0 Å². The van der Waals surface area contributed by atoms with Crippen molar-refractivity contribution >= 4 is 5.97 Å². The summed E-state index contributed by atoms with van der Waals surface area (Å²) in [5.41, 5.74) is -0.520. The van der Waals surface area contributed by atoms with Crippen LogP contribution in [-0.4, -0.2) is 49.2 Å². The highest BCUT2D eigenvalue weighted by Crippen LogP contribution is 2.27. The van der Waals surface area contributed by atoms with Crippen molar-refractivity contribution < 1.29 is 9.53 Å². The Morgan fingerprint density at radius 2 is 2.06 bits per heavy atom. The van der Waals surface area contributed by atoms with E-state index in [1.807, 2.05) is 6.92 Å². The van der Waals surface area contributed by atoms with Crippen LogP contribution < -0.4 is 5.32 Å². The zero-order valence-electron chi connectivity index (χ0n) is 11.9. The number of methoxy groups -OCH3 is 1. The number of esters is 1. The summed E-state index contributed by atoms with van der Waals surface area (Å²) in [6.07, 6.45) is 7.16. The van der Waals surface area contributed by atoms with E-state index in [-0.39, 0.29) is 5.97 Å². The molecule has 18 heavy (non-hydrogen) atoms. The maximum atomic E-state index is 12.0. The van der Waals surface area contributed by atoms with Gasteiger partial charge in [0.2, 0.25) is 0 Å². The van der Waals surface area contributed by atoms with Crippen LogP contribution in [0.4, 0.5) is 0 Å². The summed E-state index contributed by atoms with van der Waals surface area (Å²) in [7, 11) is 3.64. The molecule has 1 atom stereocenters. The van der Waals surface area contributed by atoms with Gasteiger partial charge in [0.15, 0.2) is 0 Å². The minimum absolute atomic E-state index is 0.128. The molecule has 2 rings (SSSR count). The highest BCUT2D eigenvalue weighted by molar-refractivity contribution is 5.80. The third-order valence-corrected chi connectivity index (χ3v) is 4.40. The van der Waals surface area contributed by atoms with Crippen molar-refractivity contribution in [3.8, 4) is 0 Å². The summed E-state index contributed by atoms with van der Waals surface area (Å²) in [6, 6.07) is 1.25. The first-order chi connectivity index (χ1) is 8.55. The molecule has 2 fully saturated rings. The molecule has 0 heterocycles. The Kier molecular flexibility index (Phi) is 4.28. The van der Waals surface area contributed by atoms with E-state index in [9.17, 15) is 4.79 Å². The second kappa shape index (κ2) is 5.57. The molecule has 0 radical (unpaired) electrons. The Labute approximate surface area is 110 Å². The largest absolute Gasteiger partial charge is 0.468 e. The molecule has 0 aliphatic heterocycles. The molecular weight excluding hydrogens is 228 g/mol. The Hall–Kier alpha value is -0.610. The van der Waals surface area contributed by atoms with Gasteiger partial charge in [0.05, 0.1) is 7.11 Å². The van der Waals surface area contributed by atoms with Gasteiger partial charge in [-0.2, -0.15) is 0 Å². The molecule has 2 saturated carbocycles. The number of hydrogen-bond donors (Lipinski definition) is 1. The molecule has 0 bridgehead atoms. The van der Waals surface area contributed by atoms with Crippen molar-refractivity contribution in [3.05, 3.63) is 0 Å². The molecule has 0 saturated heterocycles. The van der Waals surface area contributed by atoms with Crippen molar-refractivity contribution in [1.29, 1.82) is 0 Å². The number of nitrogens with one attached hydrogen (secondary N) is 1. The summed E-state index contributed by atoms with van der Waals surface area (Å²) in [5.74, 6) is -0.128. The van der Waals surface area contributed by atoms with Crippen LogP contribution in [0.2, 0.25) is 0 Å². The highest BCUT2D eigenvalue weighted by atomic mass is 16.5. The van der Waals surface area contributed by atoms with Gasteiger partial charge in [-0.25, -0.2) is 0 Å². The normalized spacial score (nSPS) is 23.6. The molecule has 4 heteroatoms. The maximum Gasteiger partial charge on any atom is 0.325 e. The number of nitrogens with zero attached hydrogens (tertiary/aromatic N) is 1. The molecule has 2 aliphatic rings. The number of rotatable bonds is 7. The Morgan fingerprint density at radius 1 is 1.39 bits per heavy atom. The number of ether oxygens (including phenoxy) is 1. The summed E-state index contributed by atoms with van der Waals surface area (Å²) < 4.78 is 4.96. The lowest BCUT2D eigenvalue weighted by Gasteiger charge is -2.37. The molecule has 0 aromatic heterocycles. The van der Waals surface area contributed by atoms with Crippen molar-refractivity contribution in [2.24, 2.45) is 0 Å². The zero-order chi connectivity index (χ0) is 13.2. The number of carbonyl (C=O) groups excluding carboxylic acids is 1. The summed E-state index contributed by atoms with van der Waals surface area (Å²) in [4.78, 5) is 14.3. The summed E-state index contributed by atoms with van der Waals surface area (Å²) in [6.45, 7) is 2.93. The quantitative estimate of drug-likeness (QED) is 0.700. The lowest BCUT2D eigenvalue weighted by atomic mass is 9.90. The van der Waals surface area contributed by atoms with Gasteiger partial charge in [-0.15, -0.1) is 0 Å². The van der Waals surface area contributed by atoms with Crippen LogP contribution in [-0.2, 0) is 9.53 Å². The van der Waals surface area contributed by atoms with Crippen LogP contribution in [0.3, 0.4) is 0 Å².